The fraction of sp³-hybridized carbons (Fsp3) is 0.294. The van der Waals surface area contributed by atoms with Crippen LogP contribution in [0.4, 0.5) is 10.5 Å². The number of aryl methyl sites for hydroxylation is 1. The van der Waals surface area contributed by atoms with E-state index in [-0.39, 0.29) is 6.10 Å². The number of carbonyl (C=O) groups excluding carboxylic acids is 1. The lowest BCUT2D eigenvalue weighted by Crippen LogP contribution is -2.18. The van der Waals surface area contributed by atoms with E-state index in [1.54, 1.807) is 30.5 Å². The van der Waals surface area contributed by atoms with E-state index in [2.05, 4.69) is 16.4 Å². The van der Waals surface area contributed by atoms with E-state index in [1.165, 1.54) is 5.56 Å². The zero-order valence-corrected chi connectivity index (χ0v) is 12.8. The van der Waals surface area contributed by atoms with Gasteiger partial charge in [0, 0.05) is 16.9 Å². The number of benzene rings is 1. The summed E-state index contributed by atoms with van der Waals surface area (Å²) in [5, 5.41) is 3.28. The van der Waals surface area contributed by atoms with E-state index in [0.717, 1.165) is 31.4 Å². The summed E-state index contributed by atoms with van der Waals surface area (Å²) in [7, 11) is 0. The van der Waals surface area contributed by atoms with Gasteiger partial charge in [-0.15, -0.1) is 0 Å². The number of halogens is 1. The first-order chi connectivity index (χ1) is 10.7. The zero-order chi connectivity index (χ0) is 15.4. The Morgan fingerprint density at radius 2 is 2.18 bits per heavy atom. The molecule has 0 fully saturated rings. The van der Waals surface area contributed by atoms with Crippen LogP contribution in [-0.4, -0.2) is 11.1 Å². The van der Waals surface area contributed by atoms with Crippen LogP contribution in [0.5, 0.6) is 0 Å². The van der Waals surface area contributed by atoms with Gasteiger partial charge in [-0.2, -0.15) is 0 Å². The van der Waals surface area contributed by atoms with Gasteiger partial charge < -0.3 is 4.74 Å². The van der Waals surface area contributed by atoms with Crippen LogP contribution in [0.15, 0.2) is 42.6 Å². The van der Waals surface area contributed by atoms with Crippen LogP contribution in [0.3, 0.4) is 0 Å². The van der Waals surface area contributed by atoms with E-state index in [1.807, 2.05) is 6.07 Å². The highest BCUT2D eigenvalue weighted by atomic mass is 35.5. The Hall–Kier alpha value is -2.07. The minimum atomic E-state index is -0.481. The van der Waals surface area contributed by atoms with Crippen molar-refractivity contribution in [3.8, 4) is 0 Å². The normalized spacial score (nSPS) is 17.2. The molecule has 1 atom stereocenters. The molecule has 0 bridgehead atoms. The number of fused-ring (bicyclic) bond motifs is 1. The summed E-state index contributed by atoms with van der Waals surface area (Å²) in [5.74, 6) is 0. The maximum absolute atomic E-state index is 12.1. The van der Waals surface area contributed by atoms with Crippen LogP contribution in [0.2, 0.25) is 5.02 Å². The summed E-state index contributed by atoms with van der Waals surface area (Å²) in [6, 6.07) is 11.0. The van der Waals surface area contributed by atoms with Gasteiger partial charge in [-0.25, -0.2) is 4.79 Å². The third-order valence-corrected chi connectivity index (χ3v) is 3.95. The van der Waals surface area contributed by atoms with Gasteiger partial charge in [0.25, 0.3) is 0 Å². The lowest BCUT2D eigenvalue weighted by atomic mass is 10.1. The molecule has 1 aromatic carbocycles. The van der Waals surface area contributed by atoms with Crippen molar-refractivity contribution in [2.75, 3.05) is 5.32 Å². The molecule has 1 heterocycles. The van der Waals surface area contributed by atoms with Gasteiger partial charge in [0.2, 0.25) is 0 Å². The number of hydrogen-bond acceptors (Lipinski definition) is 3. The molecule has 0 radical (unpaired) electrons. The first-order valence-electron chi connectivity index (χ1n) is 7.39. The smallest absolute Gasteiger partial charge is 0.412 e. The lowest BCUT2D eigenvalue weighted by Gasteiger charge is -2.17. The Morgan fingerprint density at radius 3 is 3.05 bits per heavy atom. The molecule has 114 valence electrons. The van der Waals surface area contributed by atoms with Crippen molar-refractivity contribution in [2.24, 2.45) is 0 Å². The van der Waals surface area contributed by atoms with Crippen LogP contribution >= 0.6 is 11.6 Å². The first kappa shape index (κ1) is 14.9. The SMILES string of the molecule is O=C(Nc1cccc(Cl)c1)O[C@H]1CCCCc2cccnc21. The number of rotatable bonds is 2. The molecule has 0 saturated carbocycles. The fourth-order valence-electron chi connectivity index (χ4n) is 2.69. The van der Waals surface area contributed by atoms with Gasteiger partial charge in [0.1, 0.15) is 6.10 Å². The summed E-state index contributed by atoms with van der Waals surface area (Å²) < 4.78 is 5.59. The Labute approximate surface area is 134 Å². The van der Waals surface area contributed by atoms with Crippen LogP contribution in [0, 0.1) is 0 Å². The maximum atomic E-state index is 12.1. The largest absolute Gasteiger partial charge is 0.439 e. The lowest BCUT2D eigenvalue weighted by molar-refractivity contribution is 0.103. The number of carbonyl (C=O) groups is 1. The average molecular weight is 317 g/mol. The Bertz CT molecular complexity index is 675. The van der Waals surface area contributed by atoms with Gasteiger partial charge in [-0.1, -0.05) is 23.7 Å². The summed E-state index contributed by atoms with van der Waals surface area (Å²) in [5.41, 5.74) is 2.66. The summed E-state index contributed by atoms with van der Waals surface area (Å²) in [4.78, 5) is 16.5. The minimum Gasteiger partial charge on any atom is -0.439 e. The van der Waals surface area contributed by atoms with Gasteiger partial charge >= 0.3 is 6.09 Å². The molecular formula is C17H17ClN2O2. The van der Waals surface area contributed by atoms with E-state index in [0.29, 0.717) is 10.7 Å². The summed E-state index contributed by atoms with van der Waals surface area (Å²) in [6.07, 6.45) is 4.87. The maximum Gasteiger partial charge on any atom is 0.412 e. The third kappa shape index (κ3) is 3.57. The van der Waals surface area contributed by atoms with Crippen molar-refractivity contribution in [1.29, 1.82) is 0 Å². The molecule has 0 unspecified atom stereocenters. The van der Waals surface area contributed by atoms with E-state index >= 15 is 0 Å². The number of aromatic nitrogens is 1. The highest BCUT2D eigenvalue weighted by Crippen LogP contribution is 2.30. The van der Waals surface area contributed by atoms with E-state index < -0.39 is 6.09 Å². The molecule has 1 N–H and O–H groups in total. The zero-order valence-electron chi connectivity index (χ0n) is 12.1. The average Bonchev–Trinajstić information content (AvgIpc) is 2.70. The topological polar surface area (TPSA) is 51.2 Å². The number of nitrogens with zero attached hydrogens (tertiary/aromatic N) is 1. The molecule has 22 heavy (non-hydrogen) atoms. The monoisotopic (exact) mass is 316 g/mol. The Balaban J connectivity index is 1.71. The minimum absolute atomic E-state index is 0.294. The molecule has 5 heteroatoms. The summed E-state index contributed by atoms with van der Waals surface area (Å²) in [6.45, 7) is 0. The van der Waals surface area contributed by atoms with Crippen molar-refractivity contribution in [3.05, 3.63) is 58.9 Å². The molecule has 4 nitrogen and oxygen atoms in total. The number of amides is 1. The second-order valence-electron chi connectivity index (χ2n) is 5.32. The van der Waals surface area contributed by atoms with Crippen LogP contribution < -0.4 is 5.32 Å². The number of hydrogen-bond donors (Lipinski definition) is 1. The predicted molar refractivity (Wildman–Crippen MR) is 86.1 cm³/mol. The highest BCUT2D eigenvalue weighted by Gasteiger charge is 2.23. The molecule has 1 aliphatic carbocycles. The number of nitrogens with one attached hydrogen (secondary N) is 1. The number of pyridine rings is 1. The van der Waals surface area contributed by atoms with Crippen LogP contribution in [-0.2, 0) is 11.2 Å². The molecule has 1 amide bonds. The predicted octanol–water partition coefficient (Wildman–Crippen LogP) is 4.75. The number of anilines is 1. The molecule has 0 saturated heterocycles. The van der Waals surface area contributed by atoms with Crippen molar-refractivity contribution in [2.45, 2.75) is 31.8 Å². The quantitative estimate of drug-likeness (QED) is 0.813. The van der Waals surface area contributed by atoms with Crippen LogP contribution in [0.25, 0.3) is 0 Å². The van der Waals surface area contributed by atoms with Gasteiger partial charge in [0.15, 0.2) is 0 Å². The molecule has 0 aliphatic heterocycles. The van der Waals surface area contributed by atoms with Crippen molar-refractivity contribution < 1.29 is 9.53 Å². The standard InChI is InChI=1S/C17H17ClN2O2/c18-13-7-3-8-14(11-13)20-17(21)22-15-9-2-1-5-12-6-4-10-19-16(12)15/h3-4,6-8,10-11,15H,1-2,5,9H2,(H,20,21)/t15-/m0/s1. The second kappa shape index (κ2) is 6.79. The Kier molecular flexibility index (Phi) is 4.59. The van der Waals surface area contributed by atoms with Crippen molar-refractivity contribution >= 4 is 23.4 Å². The molecular weight excluding hydrogens is 300 g/mol. The summed E-state index contributed by atoms with van der Waals surface area (Å²) >= 11 is 5.91. The van der Waals surface area contributed by atoms with E-state index in [4.69, 9.17) is 16.3 Å². The third-order valence-electron chi connectivity index (χ3n) is 3.71. The van der Waals surface area contributed by atoms with E-state index in [9.17, 15) is 4.79 Å². The molecule has 3 rings (SSSR count). The van der Waals surface area contributed by atoms with Crippen molar-refractivity contribution in [3.63, 3.8) is 0 Å². The highest BCUT2D eigenvalue weighted by molar-refractivity contribution is 6.30. The molecule has 2 aromatic rings. The molecule has 0 spiro atoms. The second-order valence-corrected chi connectivity index (χ2v) is 5.76. The van der Waals surface area contributed by atoms with Crippen LogP contribution in [0.1, 0.15) is 36.6 Å². The molecule has 1 aromatic heterocycles. The van der Waals surface area contributed by atoms with Gasteiger partial charge in [-0.05, 0) is 55.5 Å². The Morgan fingerprint density at radius 1 is 1.27 bits per heavy atom. The van der Waals surface area contributed by atoms with Gasteiger partial charge in [0.05, 0.1) is 5.69 Å². The number of ether oxygens (including phenoxy) is 1. The van der Waals surface area contributed by atoms with Crippen molar-refractivity contribution in [1.82, 2.24) is 4.98 Å². The van der Waals surface area contributed by atoms with Gasteiger partial charge in [-0.3, -0.25) is 10.3 Å². The first-order valence-corrected chi connectivity index (χ1v) is 7.77. The molecule has 1 aliphatic rings. The fourth-order valence-corrected chi connectivity index (χ4v) is 2.88.